The van der Waals surface area contributed by atoms with Crippen molar-refractivity contribution in [3.8, 4) is 11.5 Å². The Morgan fingerprint density at radius 1 is 1.00 bits per heavy atom. The molecule has 2 aromatic carbocycles. The highest BCUT2D eigenvalue weighted by Crippen LogP contribution is 2.30. The number of ether oxygens (including phenoxy) is 3. The molecule has 0 aliphatic carbocycles. The minimum absolute atomic E-state index is 0.00601. The zero-order chi connectivity index (χ0) is 19.2. The maximum absolute atomic E-state index is 12.6. The molecule has 0 saturated heterocycles. The molecule has 0 aliphatic heterocycles. The van der Waals surface area contributed by atoms with Crippen molar-refractivity contribution in [2.75, 3.05) is 27.8 Å². The summed E-state index contributed by atoms with van der Waals surface area (Å²) in [4.78, 5) is 11.9. The third-order valence-electron chi connectivity index (χ3n) is 3.66. The van der Waals surface area contributed by atoms with Crippen LogP contribution in [0.15, 0.2) is 53.4 Å². The lowest BCUT2D eigenvalue weighted by Crippen LogP contribution is -2.33. The zero-order valence-corrected chi connectivity index (χ0v) is 15.7. The van der Waals surface area contributed by atoms with E-state index in [2.05, 4.69) is 0 Å². The van der Waals surface area contributed by atoms with Gasteiger partial charge in [0.1, 0.15) is 13.2 Å². The zero-order valence-electron chi connectivity index (χ0n) is 14.8. The number of hydrogen-bond donors (Lipinski definition) is 0. The summed E-state index contributed by atoms with van der Waals surface area (Å²) >= 11 is 0. The number of sulfonamides is 1. The standard InChI is InChI=1S/C18H21NO6S/c1-19(12-18(20)25-13-14-7-5-4-6-8-14)26(21,22)15-9-10-16(23-2)17(11-15)24-3/h4-11H,12-13H2,1-3H3. The fourth-order valence-corrected chi connectivity index (χ4v) is 3.34. The summed E-state index contributed by atoms with van der Waals surface area (Å²) in [6, 6.07) is 13.4. The van der Waals surface area contributed by atoms with Crippen LogP contribution in [0, 0.1) is 0 Å². The Morgan fingerprint density at radius 2 is 1.65 bits per heavy atom. The summed E-state index contributed by atoms with van der Waals surface area (Å²) in [5.74, 6) is 0.0606. The van der Waals surface area contributed by atoms with Crippen LogP contribution in [-0.2, 0) is 26.2 Å². The summed E-state index contributed by atoms with van der Waals surface area (Å²) < 4.78 is 41.5. The SMILES string of the molecule is COc1ccc(S(=O)(=O)N(C)CC(=O)OCc2ccccc2)cc1OC. The van der Waals surface area contributed by atoms with Crippen molar-refractivity contribution >= 4 is 16.0 Å². The molecule has 0 aliphatic rings. The van der Waals surface area contributed by atoms with Crippen LogP contribution >= 0.6 is 0 Å². The van der Waals surface area contributed by atoms with Gasteiger partial charge in [0.25, 0.3) is 0 Å². The molecule has 26 heavy (non-hydrogen) atoms. The van der Waals surface area contributed by atoms with Crippen LogP contribution in [0.1, 0.15) is 5.56 Å². The van der Waals surface area contributed by atoms with Gasteiger partial charge in [-0.2, -0.15) is 4.31 Å². The minimum Gasteiger partial charge on any atom is -0.493 e. The first-order valence-corrected chi connectivity index (χ1v) is 9.20. The predicted molar refractivity (Wildman–Crippen MR) is 95.6 cm³/mol. The van der Waals surface area contributed by atoms with Crippen molar-refractivity contribution in [3.05, 3.63) is 54.1 Å². The van der Waals surface area contributed by atoms with E-state index in [0.717, 1.165) is 9.87 Å². The minimum atomic E-state index is -3.88. The summed E-state index contributed by atoms with van der Waals surface area (Å²) in [6.45, 7) is -0.312. The number of hydrogen-bond acceptors (Lipinski definition) is 6. The maximum Gasteiger partial charge on any atom is 0.321 e. The molecular formula is C18H21NO6S. The Balaban J connectivity index is 2.05. The van der Waals surface area contributed by atoms with E-state index in [1.165, 1.54) is 39.5 Å². The van der Waals surface area contributed by atoms with Crippen LogP contribution in [0.2, 0.25) is 0 Å². The topological polar surface area (TPSA) is 82.1 Å². The highest BCUT2D eigenvalue weighted by Gasteiger charge is 2.25. The third-order valence-corrected chi connectivity index (χ3v) is 5.46. The highest BCUT2D eigenvalue weighted by atomic mass is 32.2. The molecule has 7 nitrogen and oxygen atoms in total. The largest absolute Gasteiger partial charge is 0.493 e. The van der Waals surface area contributed by atoms with Crippen LogP contribution < -0.4 is 9.47 Å². The molecule has 0 amide bonds. The van der Waals surface area contributed by atoms with Gasteiger partial charge in [-0.15, -0.1) is 0 Å². The van der Waals surface area contributed by atoms with Crippen LogP contribution in [0.4, 0.5) is 0 Å². The summed E-state index contributed by atoms with van der Waals surface area (Å²) in [6.07, 6.45) is 0. The second-order valence-corrected chi connectivity index (χ2v) is 7.47. The number of rotatable bonds is 8. The van der Waals surface area contributed by atoms with Gasteiger partial charge in [-0.3, -0.25) is 4.79 Å². The van der Waals surface area contributed by atoms with Gasteiger partial charge in [0.15, 0.2) is 11.5 Å². The Labute approximate surface area is 153 Å². The molecule has 0 atom stereocenters. The normalized spacial score (nSPS) is 11.2. The fourth-order valence-electron chi connectivity index (χ4n) is 2.21. The van der Waals surface area contributed by atoms with E-state index in [1.807, 2.05) is 30.3 Å². The number of nitrogens with zero attached hydrogens (tertiary/aromatic N) is 1. The summed E-state index contributed by atoms with van der Waals surface area (Å²) in [5, 5.41) is 0. The van der Waals surface area contributed by atoms with Gasteiger partial charge in [-0.25, -0.2) is 8.42 Å². The monoisotopic (exact) mass is 379 g/mol. The van der Waals surface area contributed by atoms with E-state index in [-0.39, 0.29) is 17.3 Å². The first kappa shape index (κ1) is 19.7. The van der Waals surface area contributed by atoms with Crippen LogP contribution in [-0.4, -0.2) is 46.5 Å². The molecule has 0 aromatic heterocycles. The predicted octanol–water partition coefficient (Wildman–Crippen LogP) is 2.07. The van der Waals surface area contributed by atoms with E-state index in [4.69, 9.17) is 14.2 Å². The smallest absolute Gasteiger partial charge is 0.321 e. The number of esters is 1. The Morgan fingerprint density at radius 3 is 2.27 bits per heavy atom. The van der Waals surface area contributed by atoms with Gasteiger partial charge in [-0.05, 0) is 17.7 Å². The summed E-state index contributed by atoms with van der Waals surface area (Å²) in [5.41, 5.74) is 0.825. The highest BCUT2D eigenvalue weighted by molar-refractivity contribution is 7.89. The third kappa shape index (κ3) is 4.74. The molecule has 140 valence electrons. The second kappa shape index (κ2) is 8.68. The lowest BCUT2D eigenvalue weighted by atomic mass is 10.2. The van der Waals surface area contributed by atoms with Crippen molar-refractivity contribution in [1.82, 2.24) is 4.31 Å². The van der Waals surface area contributed by atoms with E-state index < -0.39 is 22.5 Å². The number of carbonyl (C=O) groups is 1. The first-order valence-electron chi connectivity index (χ1n) is 7.76. The van der Waals surface area contributed by atoms with Gasteiger partial charge in [0.2, 0.25) is 10.0 Å². The van der Waals surface area contributed by atoms with Crippen LogP contribution in [0.5, 0.6) is 11.5 Å². The van der Waals surface area contributed by atoms with E-state index in [9.17, 15) is 13.2 Å². The molecule has 0 heterocycles. The molecule has 0 N–H and O–H groups in total. The number of benzene rings is 2. The molecule has 0 unspecified atom stereocenters. The van der Waals surface area contributed by atoms with Gasteiger partial charge in [0, 0.05) is 13.1 Å². The average molecular weight is 379 g/mol. The van der Waals surface area contributed by atoms with E-state index >= 15 is 0 Å². The fraction of sp³-hybridized carbons (Fsp3) is 0.278. The molecule has 0 radical (unpaired) electrons. The van der Waals surface area contributed by atoms with E-state index in [1.54, 1.807) is 0 Å². The van der Waals surface area contributed by atoms with Crippen molar-refractivity contribution in [2.24, 2.45) is 0 Å². The average Bonchev–Trinajstić information content (AvgIpc) is 2.66. The van der Waals surface area contributed by atoms with Gasteiger partial charge in [0.05, 0.1) is 19.1 Å². The molecule has 0 spiro atoms. The Kier molecular flexibility index (Phi) is 6.59. The molecular weight excluding hydrogens is 358 g/mol. The van der Waals surface area contributed by atoms with E-state index in [0.29, 0.717) is 5.75 Å². The second-order valence-electron chi connectivity index (χ2n) is 5.42. The molecule has 2 rings (SSSR count). The van der Waals surface area contributed by atoms with Crippen molar-refractivity contribution in [1.29, 1.82) is 0 Å². The van der Waals surface area contributed by atoms with Crippen molar-refractivity contribution in [3.63, 3.8) is 0 Å². The van der Waals surface area contributed by atoms with Gasteiger partial charge in [-0.1, -0.05) is 30.3 Å². The lowest BCUT2D eigenvalue weighted by molar-refractivity contribution is -0.144. The number of methoxy groups -OCH3 is 2. The van der Waals surface area contributed by atoms with Crippen molar-refractivity contribution in [2.45, 2.75) is 11.5 Å². The number of carbonyl (C=O) groups excluding carboxylic acids is 1. The number of likely N-dealkylation sites (N-methyl/N-ethyl adjacent to an activating group) is 1. The van der Waals surface area contributed by atoms with Crippen LogP contribution in [0.25, 0.3) is 0 Å². The maximum atomic E-state index is 12.6. The van der Waals surface area contributed by atoms with Crippen molar-refractivity contribution < 1.29 is 27.4 Å². The van der Waals surface area contributed by atoms with Crippen LogP contribution in [0.3, 0.4) is 0 Å². The molecule has 0 fully saturated rings. The molecule has 2 aromatic rings. The molecule has 0 bridgehead atoms. The van der Waals surface area contributed by atoms with Gasteiger partial charge < -0.3 is 14.2 Å². The molecule has 8 heteroatoms. The Bertz CT molecular complexity index is 851. The molecule has 0 saturated carbocycles. The first-order chi connectivity index (χ1) is 12.4. The Hall–Kier alpha value is -2.58. The lowest BCUT2D eigenvalue weighted by Gasteiger charge is -2.17. The summed E-state index contributed by atoms with van der Waals surface area (Å²) in [7, 11) is 0.312. The quantitative estimate of drug-likeness (QED) is 0.653. The van der Waals surface area contributed by atoms with Gasteiger partial charge >= 0.3 is 5.97 Å².